The molecule has 0 radical (unpaired) electrons. The molecule has 30 heavy (non-hydrogen) atoms. The van der Waals surface area contributed by atoms with Gasteiger partial charge in [0, 0.05) is 37.6 Å². The average molecular weight is 413 g/mol. The number of aliphatic hydroxyl groups is 1. The summed E-state index contributed by atoms with van der Waals surface area (Å²) in [5, 5.41) is 10.7. The van der Waals surface area contributed by atoms with Gasteiger partial charge in [-0.2, -0.15) is 0 Å². The molecule has 2 aliphatic rings. The molecular weight excluding hydrogens is 386 g/mol. The minimum Gasteiger partial charge on any atom is -0.488 e. The Morgan fingerprint density at radius 2 is 1.90 bits per heavy atom. The number of fused-ring (bicyclic) bond motifs is 1. The molecule has 8 nitrogen and oxygen atoms in total. The third-order valence-electron chi connectivity index (χ3n) is 5.97. The second-order valence-electron chi connectivity index (χ2n) is 8.01. The van der Waals surface area contributed by atoms with Crippen molar-refractivity contribution in [2.24, 2.45) is 11.8 Å². The summed E-state index contributed by atoms with van der Waals surface area (Å²) in [5.74, 6) is 1.08. The predicted octanol–water partition coefficient (Wildman–Crippen LogP) is 1.92. The van der Waals surface area contributed by atoms with Gasteiger partial charge in [-0.05, 0) is 42.9 Å². The highest BCUT2D eigenvalue weighted by molar-refractivity contribution is 5.89. The van der Waals surface area contributed by atoms with E-state index in [9.17, 15) is 9.90 Å². The fourth-order valence-corrected chi connectivity index (χ4v) is 4.52. The van der Waals surface area contributed by atoms with Crippen molar-refractivity contribution < 1.29 is 24.1 Å². The smallest absolute Gasteiger partial charge is 0.337 e. The van der Waals surface area contributed by atoms with Crippen LogP contribution in [-0.4, -0.2) is 65.5 Å². The number of aromatic nitrogens is 2. The van der Waals surface area contributed by atoms with Crippen LogP contribution >= 0.6 is 0 Å². The highest BCUT2D eigenvalue weighted by atomic mass is 16.5. The molecule has 1 aromatic carbocycles. The lowest BCUT2D eigenvalue weighted by atomic mass is 9.78. The molecule has 1 saturated carbocycles. The lowest BCUT2D eigenvalue weighted by Crippen LogP contribution is -2.42. The van der Waals surface area contributed by atoms with Crippen molar-refractivity contribution in [1.82, 2.24) is 14.9 Å². The number of nitrogens with zero attached hydrogens (tertiary/aromatic N) is 3. The summed E-state index contributed by atoms with van der Waals surface area (Å²) in [5.41, 5.74) is 1.48. The molecule has 2 aromatic rings. The fourth-order valence-electron chi connectivity index (χ4n) is 4.52. The number of likely N-dealkylation sites (tertiary alicyclic amines) is 1. The van der Waals surface area contributed by atoms with Gasteiger partial charge in [-0.3, -0.25) is 4.90 Å². The van der Waals surface area contributed by atoms with Crippen LogP contribution in [0.2, 0.25) is 0 Å². The first-order valence-corrected chi connectivity index (χ1v) is 10.2. The van der Waals surface area contributed by atoms with Crippen molar-refractivity contribution in [3.05, 3.63) is 47.8 Å². The number of rotatable bonds is 6. The van der Waals surface area contributed by atoms with E-state index >= 15 is 0 Å². The first-order valence-electron chi connectivity index (χ1n) is 10.2. The van der Waals surface area contributed by atoms with Crippen molar-refractivity contribution in [2.75, 3.05) is 27.3 Å². The molecule has 1 aromatic heterocycles. The van der Waals surface area contributed by atoms with Crippen molar-refractivity contribution in [3.63, 3.8) is 0 Å². The number of hydrogen-bond acceptors (Lipinski definition) is 8. The van der Waals surface area contributed by atoms with Crippen molar-refractivity contribution in [2.45, 2.75) is 31.6 Å². The van der Waals surface area contributed by atoms with E-state index in [0.717, 1.165) is 31.6 Å². The number of ether oxygens (including phenoxy) is 3. The first-order chi connectivity index (χ1) is 14.6. The van der Waals surface area contributed by atoms with Gasteiger partial charge in [0.2, 0.25) is 0 Å². The van der Waals surface area contributed by atoms with Gasteiger partial charge in [0.15, 0.2) is 0 Å². The van der Waals surface area contributed by atoms with Gasteiger partial charge < -0.3 is 19.3 Å². The monoisotopic (exact) mass is 413 g/mol. The molecule has 8 heteroatoms. The Labute approximate surface area is 175 Å². The topological polar surface area (TPSA) is 94.0 Å². The number of aliphatic hydroxyl groups excluding tert-OH is 1. The number of carbonyl (C=O) groups is 1. The zero-order valence-corrected chi connectivity index (χ0v) is 17.2. The molecule has 1 aliphatic heterocycles. The summed E-state index contributed by atoms with van der Waals surface area (Å²) in [6.07, 6.45) is 4.26. The fraction of sp³-hybridized carbons (Fsp3) is 0.500. The zero-order chi connectivity index (χ0) is 21.1. The van der Waals surface area contributed by atoms with Crippen molar-refractivity contribution in [1.29, 1.82) is 0 Å². The van der Waals surface area contributed by atoms with Crippen LogP contribution in [0.3, 0.4) is 0 Å². The Balaban J connectivity index is 1.36. The Morgan fingerprint density at radius 3 is 2.60 bits per heavy atom. The maximum atomic E-state index is 11.7. The highest BCUT2D eigenvalue weighted by Gasteiger charge is 2.42. The summed E-state index contributed by atoms with van der Waals surface area (Å²) in [6.45, 7) is 2.67. The van der Waals surface area contributed by atoms with Gasteiger partial charge in [-0.1, -0.05) is 6.07 Å². The van der Waals surface area contributed by atoms with E-state index < -0.39 is 12.1 Å². The maximum Gasteiger partial charge on any atom is 0.337 e. The van der Waals surface area contributed by atoms with Crippen molar-refractivity contribution >= 4 is 5.97 Å². The van der Waals surface area contributed by atoms with E-state index in [1.807, 2.05) is 0 Å². The van der Waals surface area contributed by atoms with Gasteiger partial charge in [-0.15, -0.1) is 0 Å². The molecule has 0 amide bonds. The number of carbonyl (C=O) groups excluding carboxylic acids is 1. The molecular formula is C22H27N3O5. The minimum absolute atomic E-state index is 0.289. The van der Waals surface area contributed by atoms with E-state index in [1.165, 1.54) is 7.11 Å². The van der Waals surface area contributed by atoms with Crippen LogP contribution < -0.4 is 9.47 Å². The first kappa shape index (κ1) is 20.6. The van der Waals surface area contributed by atoms with Crippen LogP contribution in [0.4, 0.5) is 0 Å². The van der Waals surface area contributed by atoms with Gasteiger partial charge in [0.1, 0.15) is 11.9 Å². The van der Waals surface area contributed by atoms with Gasteiger partial charge in [-0.25, -0.2) is 14.8 Å². The third-order valence-corrected chi connectivity index (χ3v) is 5.97. The van der Waals surface area contributed by atoms with E-state index in [4.69, 9.17) is 14.2 Å². The Kier molecular flexibility index (Phi) is 6.15. The number of hydrogen-bond donors (Lipinski definition) is 1. The van der Waals surface area contributed by atoms with Crippen LogP contribution in [0.15, 0.2) is 36.7 Å². The molecule has 160 valence electrons. The number of methoxy groups -OCH3 is 2. The standard InChI is InChI=1S/C22H27N3O5/c1-28-21(27)15-4-3-5-18(6-15)30-20-8-17-13-25(12-16(17)7-19(20)26)11-14-9-23-22(29-2)24-10-14/h3-6,9-10,16-17,19-20,26H,7-8,11-13H2,1-2H3/t16-,17+,19+,20+/m0/s1. The molecule has 1 N–H and O–H groups in total. The van der Waals surface area contributed by atoms with Crippen LogP contribution in [0.5, 0.6) is 11.8 Å². The Bertz CT molecular complexity index is 875. The van der Waals surface area contributed by atoms with Gasteiger partial charge in [0.05, 0.1) is 25.9 Å². The number of esters is 1. The van der Waals surface area contributed by atoms with E-state index in [-0.39, 0.29) is 6.10 Å². The molecule has 4 rings (SSSR count). The minimum atomic E-state index is -0.530. The second kappa shape index (κ2) is 8.97. The van der Waals surface area contributed by atoms with Gasteiger partial charge >= 0.3 is 12.0 Å². The molecule has 1 aliphatic carbocycles. The molecule has 0 unspecified atom stereocenters. The van der Waals surface area contributed by atoms with Crippen LogP contribution in [-0.2, 0) is 11.3 Å². The zero-order valence-electron chi connectivity index (χ0n) is 17.2. The Hall–Kier alpha value is -2.71. The lowest BCUT2D eigenvalue weighted by molar-refractivity contribution is -0.0231. The largest absolute Gasteiger partial charge is 0.488 e. The highest BCUT2D eigenvalue weighted by Crippen LogP contribution is 2.38. The van der Waals surface area contributed by atoms with E-state index in [0.29, 0.717) is 35.6 Å². The van der Waals surface area contributed by atoms with Gasteiger partial charge in [0.25, 0.3) is 0 Å². The van der Waals surface area contributed by atoms with E-state index in [1.54, 1.807) is 43.8 Å². The van der Waals surface area contributed by atoms with Crippen LogP contribution in [0, 0.1) is 11.8 Å². The molecule has 2 heterocycles. The maximum absolute atomic E-state index is 11.7. The lowest BCUT2D eigenvalue weighted by Gasteiger charge is -2.35. The number of benzene rings is 1. The van der Waals surface area contributed by atoms with Crippen molar-refractivity contribution in [3.8, 4) is 11.8 Å². The normalized spacial score (nSPS) is 26.1. The predicted molar refractivity (Wildman–Crippen MR) is 108 cm³/mol. The summed E-state index contributed by atoms with van der Waals surface area (Å²) >= 11 is 0. The quantitative estimate of drug-likeness (QED) is 0.718. The van der Waals surface area contributed by atoms with Crippen LogP contribution in [0.1, 0.15) is 28.8 Å². The average Bonchev–Trinajstić information content (AvgIpc) is 3.15. The molecule has 2 fully saturated rings. The second-order valence-corrected chi connectivity index (χ2v) is 8.01. The SMILES string of the molecule is COC(=O)c1cccc(O[C@@H]2C[C@@H]3CN(Cc4cnc(OC)nc4)C[C@@H]3C[C@H]2O)c1. The van der Waals surface area contributed by atoms with E-state index in [2.05, 4.69) is 14.9 Å². The molecule has 4 atom stereocenters. The summed E-state index contributed by atoms with van der Waals surface area (Å²) in [4.78, 5) is 22.5. The molecule has 1 saturated heterocycles. The Morgan fingerprint density at radius 1 is 1.17 bits per heavy atom. The van der Waals surface area contributed by atoms with Crippen LogP contribution in [0.25, 0.3) is 0 Å². The third kappa shape index (κ3) is 4.55. The summed E-state index contributed by atoms with van der Waals surface area (Å²) in [7, 11) is 2.90. The summed E-state index contributed by atoms with van der Waals surface area (Å²) < 4.78 is 15.9. The summed E-state index contributed by atoms with van der Waals surface area (Å²) in [6, 6.07) is 7.27. The molecule has 0 bridgehead atoms. The molecule has 0 spiro atoms.